The zero-order chi connectivity index (χ0) is 17.6. The van der Waals surface area contributed by atoms with Gasteiger partial charge in [-0.2, -0.15) is 0 Å². The first-order valence-corrected chi connectivity index (χ1v) is 9.69. The van der Waals surface area contributed by atoms with Gasteiger partial charge in [-0.05, 0) is 69.1 Å². The van der Waals surface area contributed by atoms with Crippen LogP contribution in [-0.4, -0.2) is 26.1 Å². The van der Waals surface area contributed by atoms with Crippen LogP contribution in [0.25, 0.3) is 0 Å². The molecule has 1 saturated carbocycles. The first kappa shape index (κ1) is 16.6. The summed E-state index contributed by atoms with van der Waals surface area (Å²) in [5.74, 6) is 0. The molecule has 4 nitrogen and oxygen atoms in total. The Morgan fingerprint density at radius 2 is 2.08 bits per heavy atom. The van der Waals surface area contributed by atoms with Crippen molar-refractivity contribution < 1.29 is 0 Å². The van der Waals surface area contributed by atoms with E-state index in [1.165, 1.54) is 29.8 Å². The Bertz CT molecular complexity index is 778. The fourth-order valence-electron chi connectivity index (χ4n) is 4.22. The van der Waals surface area contributed by atoms with Gasteiger partial charge in [-0.25, -0.2) is 0 Å². The summed E-state index contributed by atoms with van der Waals surface area (Å²) < 4.78 is 2.52. The van der Waals surface area contributed by atoms with Crippen LogP contribution in [0, 0.1) is 13.8 Å². The number of hydrogen-bond acceptors (Lipinski definition) is 2. The molecular weight excluding hydrogens is 328 g/mol. The van der Waals surface area contributed by atoms with Crippen molar-refractivity contribution in [2.24, 2.45) is 0 Å². The van der Waals surface area contributed by atoms with E-state index in [2.05, 4.69) is 58.7 Å². The molecule has 0 radical (unpaired) electrons. The summed E-state index contributed by atoms with van der Waals surface area (Å²) in [4.78, 5) is 6.97. The number of rotatable bonds is 5. The maximum absolute atomic E-state index is 5.69. The molecule has 5 heteroatoms. The molecule has 2 atom stereocenters. The van der Waals surface area contributed by atoms with Crippen LogP contribution in [-0.2, 0) is 0 Å². The minimum absolute atomic E-state index is 0.105. The summed E-state index contributed by atoms with van der Waals surface area (Å²) in [6, 6.07) is 9.50. The Hall–Kier alpha value is -1.88. The average Bonchev–Trinajstić information content (AvgIpc) is 3.33. The molecule has 25 heavy (non-hydrogen) atoms. The summed E-state index contributed by atoms with van der Waals surface area (Å²) in [5.41, 5.74) is 5.20. The molecule has 1 N–H and O–H groups in total. The van der Waals surface area contributed by atoms with Crippen LogP contribution < -0.4 is 5.32 Å². The van der Waals surface area contributed by atoms with Crippen LogP contribution in [0.5, 0.6) is 0 Å². The van der Waals surface area contributed by atoms with Gasteiger partial charge >= 0.3 is 0 Å². The lowest BCUT2D eigenvalue weighted by atomic mass is 9.96. The lowest BCUT2D eigenvalue weighted by Gasteiger charge is -2.27. The number of hydrogen-bond donors (Lipinski definition) is 1. The first-order valence-electron chi connectivity index (χ1n) is 9.28. The fourth-order valence-corrected chi connectivity index (χ4v) is 4.55. The van der Waals surface area contributed by atoms with Crippen LogP contribution in [0.3, 0.4) is 0 Å². The predicted octanol–water partition coefficient (Wildman–Crippen LogP) is 4.22. The molecule has 0 bridgehead atoms. The van der Waals surface area contributed by atoms with Crippen molar-refractivity contribution in [3.8, 4) is 0 Å². The standard InChI is InChI=1S/C20H26N4S/c1-4-11-23-19(16-12-13(2)24(14(16)3)15-8-9-15)18(22-20(23)25)17-7-5-6-10-21-17/h5-7,10,12,15,18-19H,4,8-9,11H2,1-3H3,(H,22,25)/t18-,19-/m0/s1. The molecule has 1 aliphatic heterocycles. The van der Waals surface area contributed by atoms with E-state index in [0.717, 1.165) is 23.8 Å². The van der Waals surface area contributed by atoms with Gasteiger partial charge in [0.25, 0.3) is 0 Å². The molecule has 1 saturated heterocycles. The van der Waals surface area contributed by atoms with Crippen molar-refractivity contribution in [3.63, 3.8) is 0 Å². The molecule has 0 amide bonds. The van der Waals surface area contributed by atoms with Gasteiger partial charge in [0.1, 0.15) is 0 Å². The second-order valence-corrected chi connectivity index (χ2v) is 7.63. The first-order chi connectivity index (χ1) is 12.1. The predicted molar refractivity (Wildman–Crippen MR) is 105 cm³/mol. The second kappa shape index (κ2) is 6.45. The summed E-state index contributed by atoms with van der Waals surface area (Å²) in [6.45, 7) is 7.67. The Kier molecular flexibility index (Phi) is 4.28. The molecule has 3 heterocycles. The summed E-state index contributed by atoms with van der Waals surface area (Å²) >= 11 is 5.69. The summed E-state index contributed by atoms with van der Waals surface area (Å²) in [5, 5.41) is 4.39. The normalized spacial score (nSPS) is 23.2. The van der Waals surface area contributed by atoms with Gasteiger partial charge in [0.2, 0.25) is 0 Å². The van der Waals surface area contributed by atoms with Crippen molar-refractivity contribution in [1.82, 2.24) is 19.8 Å². The topological polar surface area (TPSA) is 33.1 Å². The Balaban J connectivity index is 1.79. The van der Waals surface area contributed by atoms with Gasteiger partial charge in [-0.1, -0.05) is 13.0 Å². The summed E-state index contributed by atoms with van der Waals surface area (Å²) in [6.07, 6.45) is 5.56. The number of pyridine rings is 1. The van der Waals surface area contributed by atoms with Gasteiger partial charge < -0.3 is 14.8 Å². The highest BCUT2D eigenvalue weighted by Crippen LogP contribution is 2.44. The van der Waals surface area contributed by atoms with E-state index in [1.54, 1.807) is 0 Å². The van der Waals surface area contributed by atoms with Gasteiger partial charge in [-0.3, -0.25) is 4.98 Å². The smallest absolute Gasteiger partial charge is 0.170 e. The summed E-state index contributed by atoms with van der Waals surface area (Å²) in [7, 11) is 0. The van der Waals surface area contributed by atoms with Crippen molar-refractivity contribution in [2.75, 3.05) is 6.54 Å². The second-order valence-electron chi connectivity index (χ2n) is 7.25. The molecule has 2 aromatic rings. The molecule has 2 aromatic heterocycles. The average molecular weight is 355 g/mol. The molecule has 2 aliphatic rings. The molecule has 0 aromatic carbocycles. The van der Waals surface area contributed by atoms with Crippen LogP contribution in [0.2, 0.25) is 0 Å². The molecule has 0 unspecified atom stereocenters. The van der Waals surface area contributed by atoms with Crippen LogP contribution >= 0.6 is 12.2 Å². The quantitative estimate of drug-likeness (QED) is 0.815. The molecule has 4 rings (SSSR count). The third kappa shape index (κ3) is 2.84. The van der Waals surface area contributed by atoms with E-state index < -0.39 is 0 Å². The zero-order valence-electron chi connectivity index (χ0n) is 15.2. The number of aryl methyl sites for hydroxylation is 1. The van der Waals surface area contributed by atoms with Crippen LogP contribution in [0.1, 0.15) is 67.0 Å². The van der Waals surface area contributed by atoms with E-state index >= 15 is 0 Å². The maximum atomic E-state index is 5.69. The lowest BCUT2D eigenvalue weighted by Crippen LogP contribution is -2.30. The van der Waals surface area contributed by atoms with Crippen molar-refractivity contribution in [3.05, 3.63) is 53.1 Å². The van der Waals surface area contributed by atoms with Crippen LogP contribution in [0.4, 0.5) is 0 Å². The highest BCUT2D eigenvalue weighted by atomic mass is 32.1. The lowest BCUT2D eigenvalue weighted by molar-refractivity contribution is 0.316. The van der Waals surface area contributed by atoms with E-state index in [1.807, 2.05) is 12.3 Å². The minimum Gasteiger partial charge on any atom is -0.352 e. The molecular formula is C20H26N4S. The van der Waals surface area contributed by atoms with E-state index in [0.29, 0.717) is 6.04 Å². The molecule has 2 fully saturated rings. The minimum atomic E-state index is 0.105. The van der Waals surface area contributed by atoms with Gasteiger partial charge in [0.05, 0.1) is 17.8 Å². The van der Waals surface area contributed by atoms with Gasteiger partial charge in [0, 0.05) is 30.2 Å². The van der Waals surface area contributed by atoms with E-state index in [-0.39, 0.29) is 12.1 Å². The highest BCUT2D eigenvalue weighted by Gasteiger charge is 2.41. The SMILES string of the molecule is CCCN1C(=S)N[C@@H](c2ccccn2)[C@@H]1c1cc(C)n(C2CC2)c1C. The number of nitrogens with one attached hydrogen (secondary N) is 1. The van der Waals surface area contributed by atoms with Crippen molar-refractivity contribution in [2.45, 2.75) is 58.2 Å². The van der Waals surface area contributed by atoms with E-state index in [4.69, 9.17) is 12.2 Å². The highest BCUT2D eigenvalue weighted by molar-refractivity contribution is 7.80. The monoisotopic (exact) mass is 354 g/mol. The molecule has 1 aliphatic carbocycles. The Morgan fingerprint density at radius 3 is 2.72 bits per heavy atom. The number of aromatic nitrogens is 2. The van der Waals surface area contributed by atoms with Crippen molar-refractivity contribution >= 4 is 17.3 Å². The third-order valence-electron chi connectivity index (χ3n) is 5.42. The Labute approximate surface area is 155 Å². The molecule has 0 spiro atoms. The zero-order valence-corrected chi connectivity index (χ0v) is 16.0. The number of thiocarbonyl (C=S) groups is 1. The molecule has 132 valence electrons. The van der Waals surface area contributed by atoms with Crippen LogP contribution in [0.15, 0.2) is 30.5 Å². The van der Waals surface area contributed by atoms with E-state index in [9.17, 15) is 0 Å². The fraction of sp³-hybridized carbons (Fsp3) is 0.500. The van der Waals surface area contributed by atoms with Crippen molar-refractivity contribution in [1.29, 1.82) is 0 Å². The maximum Gasteiger partial charge on any atom is 0.170 e. The largest absolute Gasteiger partial charge is 0.352 e. The van der Waals surface area contributed by atoms with Gasteiger partial charge in [-0.15, -0.1) is 0 Å². The third-order valence-corrected chi connectivity index (χ3v) is 5.77. The number of nitrogens with zero attached hydrogens (tertiary/aromatic N) is 3. The Morgan fingerprint density at radius 1 is 1.28 bits per heavy atom. The van der Waals surface area contributed by atoms with Gasteiger partial charge in [0.15, 0.2) is 5.11 Å².